The van der Waals surface area contributed by atoms with Gasteiger partial charge in [0.25, 0.3) is 0 Å². The molecule has 0 fully saturated rings. The first-order valence-corrected chi connectivity index (χ1v) is 7.45. The van der Waals surface area contributed by atoms with Gasteiger partial charge in [0.05, 0.1) is 12.5 Å². The molecule has 2 aromatic carbocycles. The maximum Gasteiger partial charge on any atom is 0.224 e. The molecule has 122 valence electrons. The van der Waals surface area contributed by atoms with Gasteiger partial charge in [-0.2, -0.15) is 0 Å². The number of halogens is 2. The van der Waals surface area contributed by atoms with Crippen molar-refractivity contribution in [2.75, 3.05) is 0 Å². The summed E-state index contributed by atoms with van der Waals surface area (Å²) in [6.07, 6.45) is -1.23. The molecule has 2 aromatic rings. The highest BCUT2D eigenvalue weighted by molar-refractivity contribution is 6.31. The molecule has 6 heteroatoms. The minimum Gasteiger partial charge on any atom is -0.508 e. The van der Waals surface area contributed by atoms with Gasteiger partial charge in [-0.05, 0) is 36.8 Å². The van der Waals surface area contributed by atoms with Gasteiger partial charge in [-0.25, -0.2) is 4.39 Å². The monoisotopic (exact) mass is 337 g/mol. The van der Waals surface area contributed by atoms with Crippen molar-refractivity contribution in [3.05, 3.63) is 64.4 Å². The fourth-order valence-corrected chi connectivity index (χ4v) is 2.55. The van der Waals surface area contributed by atoms with E-state index in [0.29, 0.717) is 5.56 Å². The molecule has 0 bridgehead atoms. The van der Waals surface area contributed by atoms with E-state index in [4.69, 9.17) is 11.6 Å². The number of aliphatic hydroxyl groups is 1. The minimum atomic E-state index is -1.27. The summed E-state index contributed by atoms with van der Waals surface area (Å²) in [6.45, 7) is 1.56. The molecule has 2 rings (SSSR count). The van der Waals surface area contributed by atoms with Crippen molar-refractivity contribution in [3.8, 4) is 5.75 Å². The number of carbonyl (C=O) groups excluding carboxylic acids is 1. The molecule has 2 atom stereocenters. The Labute approximate surface area is 138 Å². The van der Waals surface area contributed by atoms with E-state index >= 15 is 0 Å². The number of hydrogen-bond donors (Lipinski definition) is 3. The highest BCUT2D eigenvalue weighted by Gasteiger charge is 2.23. The molecule has 0 aromatic heterocycles. The summed E-state index contributed by atoms with van der Waals surface area (Å²) in [7, 11) is 0. The number of benzene rings is 2. The van der Waals surface area contributed by atoms with Crippen LogP contribution in [0.4, 0.5) is 4.39 Å². The van der Waals surface area contributed by atoms with Crippen LogP contribution in [0.1, 0.15) is 24.2 Å². The number of nitrogens with one attached hydrogen (secondary N) is 1. The predicted octanol–water partition coefficient (Wildman–Crippen LogP) is 2.97. The third-order valence-corrected chi connectivity index (χ3v) is 3.76. The lowest BCUT2D eigenvalue weighted by molar-refractivity contribution is -0.121. The lowest BCUT2D eigenvalue weighted by Gasteiger charge is -2.22. The second kappa shape index (κ2) is 7.44. The van der Waals surface area contributed by atoms with Gasteiger partial charge in [0, 0.05) is 10.6 Å². The third-order valence-electron chi connectivity index (χ3n) is 3.43. The number of aromatic hydroxyl groups is 1. The molecule has 0 aliphatic heterocycles. The molecule has 0 aliphatic rings. The Morgan fingerprint density at radius 3 is 2.65 bits per heavy atom. The van der Waals surface area contributed by atoms with Crippen molar-refractivity contribution in [1.82, 2.24) is 5.32 Å². The lowest BCUT2D eigenvalue weighted by Crippen LogP contribution is -2.38. The van der Waals surface area contributed by atoms with Crippen molar-refractivity contribution in [2.24, 2.45) is 0 Å². The van der Waals surface area contributed by atoms with E-state index in [1.165, 1.54) is 30.3 Å². The van der Waals surface area contributed by atoms with Crippen LogP contribution >= 0.6 is 11.6 Å². The zero-order chi connectivity index (χ0) is 17.0. The molecule has 0 aliphatic carbocycles. The topological polar surface area (TPSA) is 69.6 Å². The fourth-order valence-electron chi connectivity index (χ4n) is 2.28. The summed E-state index contributed by atoms with van der Waals surface area (Å²) in [6, 6.07) is 9.72. The Morgan fingerprint density at radius 2 is 2.00 bits per heavy atom. The van der Waals surface area contributed by atoms with Gasteiger partial charge in [0.2, 0.25) is 5.91 Å². The Kier molecular flexibility index (Phi) is 5.58. The quantitative estimate of drug-likeness (QED) is 0.785. The van der Waals surface area contributed by atoms with Gasteiger partial charge >= 0.3 is 0 Å². The average molecular weight is 338 g/mol. The maximum atomic E-state index is 13.8. The number of carbonyl (C=O) groups is 1. The SMILES string of the molecule is C[C@@H](NC(=O)Cc1cccc(O)c1)[C@H](O)c1c(F)cccc1Cl. The van der Waals surface area contributed by atoms with Gasteiger partial charge in [0.1, 0.15) is 17.7 Å². The van der Waals surface area contributed by atoms with E-state index in [1.807, 2.05) is 0 Å². The molecule has 0 heterocycles. The summed E-state index contributed by atoms with van der Waals surface area (Å²) in [5, 5.41) is 22.3. The summed E-state index contributed by atoms with van der Waals surface area (Å²) in [5.74, 6) is -0.907. The lowest BCUT2D eigenvalue weighted by atomic mass is 10.0. The second-order valence-corrected chi connectivity index (χ2v) is 5.69. The van der Waals surface area contributed by atoms with Crippen LogP contribution in [0.5, 0.6) is 5.75 Å². The molecule has 0 unspecified atom stereocenters. The molecule has 0 spiro atoms. The van der Waals surface area contributed by atoms with E-state index in [2.05, 4.69) is 5.32 Å². The summed E-state index contributed by atoms with van der Waals surface area (Å²) < 4.78 is 13.8. The molecule has 0 saturated carbocycles. The van der Waals surface area contributed by atoms with Gasteiger partial charge in [-0.15, -0.1) is 0 Å². The largest absolute Gasteiger partial charge is 0.508 e. The van der Waals surface area contributed by atoms with Gasteiger partial charge in [-0.3, -0.25) is 4.79 Å². The highest BCUT2D eigenvalue weighted by atomic mass is 35.5. The number of amides is 1. The Bertz CT molecular complexity index is 688. The van der Waals surface area contributed by atoms with Crippen LogP contribution in [0.3, 0.4) is 0 Å². The van der Waals surface area contributed by atoms with Crippen molar-refractivity contribution >= 4 is 17.5 Å². The Balaban J connectivity index is 2.03. The third kappa shape index (κ3) is 4.43. The molecule has 4 nitrogen and oxygen atoms in total. The van der Waals surface area contributed by atoms with E-state index in [0.717, 1.165) is 0 Å². The number of aliphatic hydroxyl groups excluding tert-OH is 1. The summed E-state index contributed by atoms with van der Waals surface area (Å²) in [5.41, 5.74) is 0.590. The number of phenols is 1. The molecule has 1 amide bonds. The summed E-state index contributed by atoms with van der Waals surface area (Å²) in [4.78, 5) is 12.0. The standard InChI is InChI=1S/C17H17ClFNO3/c1-10(17(23)16-13(18)6-3-7-14(16)19)20-15(22)9-11-4-2-5-12(21)8-11/h2-8,10,17,21,23H,9H2,1H3,(H,20,22)/t10-,17+/m1/s1. The van der Waals surface area contributed by atoms with Crippen LogP contribution in [0.2, 0.25) is 5.02 Å². The van der Waals surface area contributed by atoms with Gasteiger partial charge in [0.15, 0.2) is 0 Å². The van der Waals surface area contributed by atoms with Crippen molar-refractivity contribution < 1.29 is 19.4 Å². The fraction of sp³-hybridized carbons (Fsp3) is 0.235. The van der Waals surface area contributed by atoms with Crippen LogP contribution in [-0.2, 0) is 11.2 Å². The van der Waals surface area contributed by atoms with Crippen molar-refractivity contribution in [1.29, 1.82) is 0 Å². The molecule has 3 N–H and O–H groups in total. The molecular formula is C17H17ClFNO3. The van der Waals surface area contributed by atoms with Crippen LogP contribution < -0.4 is 5.32 Å². The van der Waals surface area contributed by atoms with Crippen LogP contribution in [0.15, 0.2) is 42.5 Å². The second-order valence-electron chi connectivity index (χ2n) is 5.28. The Morgan fingerprint density at radius 1 is 1.30 bits per heavy atom. The molecule has 0 saturated heterocycles. The first-order chi connectivity index (χ1) is 10.9. The number of hydrogen-bond acceptors (Lipinski definition) is 3. The van der Waals surface area contributed by atoms with E-state index in [-0.39, 0.29) is 28.7 Å². The smallest absolute Gasteiger partial charge is 0.224 e. The van der Waals surface area contributed by atoms with E-state index < -0.39 is 18.0 Å². The van der Waals surface area contributed by atoms with E-state index in [1.54, 1.807) is 19.1 Å². The van der Waals surface area contributed by atoms with Crippen LogP contribution in [0, 0.1) is 5.82 Å². The molecule has 23 heavy (non-hydrogen) atoms. The van der Waals surface area contributed by atoms with E-state index in [9.17, 15) is 19.4 Å². The number of phenolic OH excluding ortho intramolecular Hbond substituents is 1. The van der Waals surface area contributed by atoms with Gasteiger partial charge < -0.3 is 15.5 Å². The molecule has 0 radical (unpaired) electrons. The first-order valence-electron chi connectivity index (χ1n) is 7.07. The zero-order valence-corrected chi connectivity index (χ0v) is 13.2. The average Bonchev–Trinajstić information content (AvgIpc) is 2.46. The first kappa shape index (κ1) is 17.2. The summed E-state index contributed by atoms with van der Waals surface area (Å²) >= 11 is 5.91. The minimum absolute atomic E-state index is 0.0382. The van der Waals surface area contributed by atoms with Crippen LogP contribution in [0.25, 0.3) is 0 Å². The highest BCUT2D eigenvalue weighted by Crippen LogP contribution is 2.27. The number of rotatable bonds is 5. The maximum absolute atomic E-state index is 13.8. The zero-order valence-electron chi connectivity index (χ0n) is 12.5. The van der Waals surface area contributed by atoms with Crippen LogP contribution in [-0.4, -0.2) is 22.2 Å². The van der Waals surface area contributed by atoms with Crippen molar-refractivity contribution in [2.45, 2.75) is 25.5 Å². The molecular weight excluding hydrogens is 321 g/mol. The van der Waals surface area contributed by atoms with Crippen molar-refractivity contribution in [3.63, 3.8) is 0 Å². The Hall–Kier alpha value is -2.11. The predicted molar refractivity (Wildman–Crippen MR) is 85.8 cm³/mol. The van der Waals surface area contributed by atoms with Gasteiger partial charge in [-0.1, -0.05) is 29.8 Å². The normalized spacial score (nSPS) is 13.4.